The van der Waals surface area contributed by atoms with E-state index in [0.717, 1.165) is 29.7 Å². The number of para-hydroxylation sites is 1. The minimum Gasteiger partial charge on any atom is -0.496 e. The van der Waals surface area contributed by atoms with Crippen molar-refractivity contribution in [1.29, 1.82) is 0 Å². The normalized spacial score (nSPS) is 13.2. The molecule has 0 fully saturated rings. The van der Waals surface area contributed by atoms with Crippen molar-refractivity contribution in [2.75, 3.05) is 13.7 Å². The number of ether oxygens (including phenoxy) is 1. The molecule has 3 aromatic rings. The fourth-order valence-corrected chi connectivity index (χ4v) is 3.73. The molecule has 4 rings (SSSR count). The Morgan fingerprint density at radius 2 is 1.53 bits per heavy atom. The number of benzene rings is 3. The summed E-state index contributed by atoms with van der Waals surface area (Å²) in [5.41, 5.74) is 4.31. The van der Waals surface area contributed by atoms with Gasteiger partial charge in [-0.15, -0.1) is 0 Å². The summed E-state index contributed by atoms with van der Waals surface area (Å²) >= 11 is 0. The molecule has 0 bridgehead atoms. The molecule has 0 aromatic heterocycles. The van der Waals surface area contributed by atoms with Gasteiger partial charge in [0.1, 0.15) is 5.75 Å². The number of amides is 2. The Balaban J connectivity index is 1.38. The predicted molar refractivity (Wildman–Crippen MR) is 118 cm³/mol. The van der Waals surface area contributed by atoms with Crippen LogP contribution >= 0.6 is 0 Å². The van der Waals surface area contributed by atoms with Gasteiger partial charge in [0.05, 0.1) is 18.2 Å². The number of nitrogens with zero attached hydrogens (tertiary/aromatic N) is 1. The summed E-state index contributed by atoms with van der Waals surface area (Å²) < 4.78 is 5.39. The second-order valence-corrected chi connectivity index (χ2v) is 7.23. The Kier molecular flexibility index (Phi) is 5.75. The van der Waals surface area contributed by atoms with Gasteiger partial charge in [-0.05, 0) is 42.2 Å². The van der Waals surface area contributed by atoms with Gasteiger partial charge >= 0.3 is 0 Å². The van der Waals surface area contributed by atoms with Crippen molar-refractivity contribution in [2.45, 2.75) is 12.8 Å². The largest absolute Gasteiger partial charge is 0.496 e. The molecule has 0 unspecified atom stereocenters. The van der Waals surface area contributed by atoms with Gasteiger partial charge in [-0.2, -0.15) is 0 Å². The molecule has 0 radical (unpaired) electrons. The Bertz CT molecular complexity index is 1080. The van der Waals surface area contributed by atoms with Crippen molar-refractivity contribution in [3.8, 4) is 5.75 Å². The van der Waals surface area contributed by atoms with E-state index in [0.29, 0.717) is 17.7 Å². The second-order valence-electron chi connectivity index (χ2n) is 7.23. The van der Waals surface area contributed by atoms with Gasteiger partial charge < -0.3 is 4.74 Å². The molecule has 1 aliphatic rings. The van der Waals surface area contributed by atoms with Crippen LogP contribution in [0.2, 0.25) is 0 Å². The molecule has 1 heterocycles. The third-order valence-electron chi connectivity index (χ3n) is 5.27. The van der Waals surface area contributed by atoms with Crippen LogP contribution < -0.4 is 4.74 Å². The van der Waals surface area contributed by atoms with Gasteiger partial charge in [0, 0.05) is 12.1 Å². The third kappa shape index (κ3) is 4.03. The number of carbonyl (C=O) groups is 2. The highest BCUT2D eigenvalue weighted by Gasteiger charge is 2.34. The van der Waals surface area contributed by atoms with E-state index in [-0.39, 0.29) is 11.8 Å². The van der Waals surface area contributed by atoms with Crippen molar-refractivity contribution >= 4 is 24.0 Å². The maximum Gasteiger partial charge on any atom is 0.261 e. The van der Waals surface area contributed by atoms with Crippen LogP contribution in [0, 0.1) is 0 Å². The van der Waals surface area contributed by atoms with Crippen LogP contribution in [-0.4, -0.2) is 30.4 Å². The maximum absolute atomic E-state index is 12.5. The number of imide groups is 1. The first-order chi connectivity index (χ1) is 14.7. The lowest BCUT2D eigenvalue weighted by Gasteiger charge is -2.13. The molecule has 3 aromatic carbocycles. The Morgan fingerprint density at radius 1 is 0.833 bits per heavy atom. The number of hydrogen-bond acceptors (Lipinski definition) is 3. The van der Waals surface area contributed by atoms with Crippen LogP contribution in [0.5, 0.6) is 5.75 Å². The molecule has 30 heavy (non-hydrogen) atoms. The Morgan fingerprint density at radius 3 is 2.27 bits per heavy atom. The van der Waals surface area contributed by atoms with Crippen LogP contribution in [0.4, 0.5) is 0 Å². The van der Waals surface area contributed by atoms with E-state index in [1.807, 2.05) is 36.4 Å². The Labute approximate surface area is 176 Å². The summed E-state index contributed by atoms with van der Waals surface area (Å²) in [6.45, 7) is 0.424. The predicted octanol–water partition coefficient (Wildman–Crippen LogP) is 5.09. The molecule has 150 valence electrons. The topological polar surface area (TPSA) is 46.6 Å². The molecule has 0 spiro atoms. The molecule has 0 aliphatic carbocycles. The van der Waals surface area contributed by atoms with Gasteiger partial charge in [-0.25, -0.2) is 0 Å². The van der Waals surface area contributed by atoms with Gasteiger partial charge in [0.15, 0.2) is 0 Å². The minimum absolute atomic E-state index is 0.191. The van der Waals surface area contributed by atoms with Crippen molar-refractivity contribution in [3.63, 3.8) is 0 Å². The minimum atomic E-state index is -0.191. The van der Waals surface area contributed by atoms with Crippen LogP contribution in [0.15, 0.2) is 72.8 Å². The molecule has 0 saturated carbocycles. The first-order valence-corrected chi connectivity index (χ1v) is 10.0. The monoisotopic (exact) mass is 397 g/mol. The van der Waals surface area contributed by atoms with Crippen molar-refractivity contribution in [2.24, 2.45) is 0 Å². The summed E-state index contributed by atoms with van der Waals surface area (Å²) in [7, 11) is 1.67. The summed E-state index contributed by atoms with van der Waals surface area (Å²) in [6.07, 6.45) is 5.62. The zero-order valence-electron chi connectivity index (χ0n) is 16.9. The molecule has 0 N–H and O–H groups in total. The highest BCUT2D eigenvalue weighted by molar-refractivity contribution is 6.21. The summed E-state index contributed by atoms with van der Waals surface area (Å²) in [4.78, 5) is 26.3. The highest BCUT2D eigenvalue weighted by atomic mass is 16.5. The first-order valence-electron chi connectivity index (χ1n) is 10.0. The third-order valence-corrected chi connectivity index (χ3v) is 5.27. The lowest BCUT2D eigenvalue weighted by Crippen LogP contribution is -2.30. The molecule has 4 nitrogen and oxygen atoms in total. The van der Waals surface area contributed by atoms with E-state index in [1.165, 1.54) is 10.5 Å². The fourth-order valence-electron chi connectivity index (χ4n) is 3.73. The lowest BCUT2D eigenvalue weighted by atomic mass is 10.0. The Hall–Kier alpha value is -3.66. The van der Waals surface area contributed by atoms with Gasteiger partial charge in [0.2, 0.25) is 0 Å². The zero-order valence-corrected chi connectivity index (χ0v) is 16.9. The number of hydrogen-bond donors (Lipinski definition) is 0. The summed E-state index contributed by atoms with van der Waals surface area (Å²) in [5.74, 6) is 0.457. The first kappa shape index (κ1) is 19.6. The van der Waals surface area contributed by atoms with Crippen LogP contribution in [0.3, 0.4) is 0 Å². The van der Waals surface area contributed by atoms with E-state index in [4.69, 9.17) is 4.74 Å². The van der Waals surface area contributed by atoms with Gasteiger partial charge in [-0.1, -0.05) is 66.7 Å². The standard InChI is InChI=1S/C26H23NO3/c1-30-24-14-5-2-11-21(24)16-15-20-9-6-8-19(18-20)10-7-17-27-25(28)22-12-3-4-13-23(22)26(27)29/h2-6,8-9,11-16,18H,7,10,17H2,1H3/b16-15+. The molecule has 2 amide bonds. The number of aryl methyl sites for hydroxylation is 1. The van der Waals surface area contributed by atoms with E-state index in [1.54, 1.807) is 31.4 Å². The lowest BCUT2D eigenvalue weighted by molar-refractivity contribution is 0.0652. The molecular formula is C26H23NO3. The van der Waals surface area contributed by atoms with Crippen LogP contribution in [0.1, 0.15) is 43.8 Å². The molecule has 0 saturated heterocycles. The number of rotatable bonds is 7. The van der Waals surface area contributed by atoms with Crippen molar-refractivity contribution in [1.82, 2.24) is 4.90 Å². The van der Waals surface area contributed by atoms with Gasteiger partial charge in [-0.3, -0.25) is 14.5 Å². The highest BCUT2D eigenvalue weighted by Crippen LogP contribution is 2.23. The SMILES string of the molecule is COc1ccccc1/C=C/c1cccc(CCCN2C(=O)c3ccccc3C2=O)c1. The quantitative estimate of drug-likeness (QED) is 0.412. The van der Waals surface area contributed by atoms with E-state index in [2.05, 4.69) is 24.3 Å². The average molecular weight is 397 g/mol. The zero-order chi connectivity index (χ0) is 20.9. The van der Waals surface area contributed by atoms with Crippen molar-refractivity contribution in [3.05, 3.63) is 101 Å². The second kappa shape index (κ2) is 8.78. The van der Waals surface area contributed by atoms with E-state index >= 15 is 0 Å². The fraction of sp³-hybridized carbons (Fsp3) is 0.154. The molecule has 4 heteroatoms. The number of fused-ring (bicyclic) bond motifs is 1. The maximum atomic E-state index is 12.5. The molecular weight excluding hydrogens is 374 g/mol. The average Bonchev–Trinajstić information content (AvgIpc) is 3.03. The molecule has 1 aliphatic heterocycles. The van der Waals surface area contributed by atoms with Gasteiger partial charge in [0.25, 0.3) is 11.8 Å². The molecule has 0 atom stereocenters. The van der Waals surface area contributed by atoms with Crippen molar-refractivity contribution < 1.29 is 14.3 Å². The number of methoxy groups -OCH3 is 1. The van der Waals surface area contributed by atoms with E-state index < -0.39 is 0 Å². The van der Waals surface area contributed by atoms with Crippen LogP contribution in [-0.2, 0) is 6.42 Å². The summed E-state index contributed by atoms with van der Waals surface area (Å²) in [5, 5.41) is 0. The van der Waals surface area contributed by atoms with Crippen LogP contribution in [0.25, 0.3) is 12.2 Å². The smallest absolute Gasteiger partial charge is 0.261 e. The summed E-state index contributed by atoms with van der Waals surface area (Å²) in [6, 6.07) is 23.2. The number of carbonyl (C=O) groups excluding carboxylic acids is 2. The van der Waals surface area contributed by atoms with E-state index in [9.17, 15) is 9.59 Å².